The first-order valence-corrected chi connectivity index (χ1v) is 9.82. The van der Waals surface area contributed by atoms with Gasteiger partial charge in [-0.05, 0) is 55.2 Å². The number of hydrogen-bond acceptors (Lipinski definition) is 4. The van der Waals surface area contributed by atoms with Crippen molar-refractivity contribution < 1.29 is 9.53 Å². The number of pyridine rings is 2. The van der Waals surface area contributed by atoms with Gasteiger partial charge in [-0.1, -0.05) is 19.9 Å². The molecule has 28 heavy (non-hydrogen) atoms. The summed E-state index contributed by atoms with van der Waals surface area (Å²) in [5, 5.41) is 3.98. The van der Waals surface area contributed by atoms with E-state index in [1.165, 1.54) is 0 Å². The maximum atomic E-state index is 11.7. The second-order valence-electron chi connectivity index (χ2n) is 7.29. The molecule has 0 aliphatic heterocycles. The lowest BCUT2D eigenvalue weighted by Gasteiger charge is -2.09. The monoisotopic (exact) mass is 377 g/mol. The molecule has 0 fully saturated rings. The summed E-state index contributed by atoms with van der Waals surface area (Å²) in [6, 6.07) is 13.9. The molecule has 2 heterocycles. The summed E-state index contributed by atoms with van der Waals surface area (Å²) in [6.45, 7) is 5.52. The molecule has 0 saturated carbocycles. The van der Waals surface area contributed by atoms with E-state index in [4.69, 9.17) is 9.72 Å². The topological polar surface area (TPSA) is 64.1 Å². The van der Waals surface area contributed by atoms with Crippen molar-refractivity contribution in [2.45, 2.75) is 33.1 Å². The molecule has 3 rings (SSSR count). The molecular weight excluding hydrogens is 350 g/mol. The predicted octanol–water partition coefficient (Wildman–Crippen LogP) is 4.62. The smallest absolute Gasteiger partial charge is 0.220 e. The molecule has 3 aromatic rings. The Morgan fingerprint density at radius 3 is 2.68 bits per heavy atom. The van der Waals surface area contributed by atoms with E-state index in [0.717, 1.165) is 47.3 Å². The molecule has 1 amide bonds. The number of amides is 1. The summed E-state index contributed by atoms with van der Waals surface area (Å²) in [4.78, 5) is 20.5. The van der Waals surface area contributed by atoms with Crippen molar-refractivity contribution in [3.63, 3.8) is 0 Å². The highest BCUT2D eigenvalue weighted by Gasteiger charge is 2.04. The van der Waals surface area contributed by atoms with Gasteiger partial charge >= 0.3 is 0 Å². The molecule has 146 valence electrons. The third kappa shape index (κ3) is 5.78. The summed E-state index contributed by atoms with van der Waals surface area (Å²) in [5.41, 5.74) is 2.91. The van der Waals surface area contributed by atoms with Crippen LogP contribution in [0.4, 0.5) is 0 Å². The second-order valence-corrected chi connectivity index (χ2v) is 7.29. The van der Waals surface area contributed by atoms with Crippen LogP contribution in [0.1, 0.15) is 33.1 Å². The van der Waals surface area contributed by atoms with Crippen molar-refractivity contribution >= 4 is 16.8 Å². The van der Waals surface area contributed by atoms with Crippen molar-refractivity contribution in [3.8, 4) is 17.0 Å². The zero-order valence-corrected chi connectivity index (χ0v) is 16.5. The average Bonchev–Trinajstić information content (AvgIpc) is 2.72. The summed E-state index contributed by atoms with van der Waals surface area (Å²) < 4.78 is 5.84. The Morgan fingerprint density at radius 2 is 1.89 bits per heavy atom. The number of nitrogens with zero attached hydrogens (tertiary/aromatic N) is 2. The fourth-order valence-electron chi connectivity index (χ4n) is 2.86. The molecule has 1 N–H and O–H groups in total. The summed E-state index contributed by atoms with van der Waals surface area (Å²) in [5.74, 6) is 1.43. The van der Waals surface area contributed by atoms with Gasteiger partial charge < -0.3 is 10.1 Å². The van der Waals surface area contributed by atoms with Crippen LogP contribution in [0.3, 0.4) is 0 Å². The average molecular weight is 377 g/mol. The van der Waals surface area contributed by atoms with E-state index in [1.807, 2.05) is 36.4 Å². The van der Waals surface area contributed by atoms with Crippen molar-refractivity contribution in [1.29, 1.82) is 0 Å². The first-order valence-electron chi connectivity index (χ1n) is 9.82. The highest BCUT2D eigenvalue weighted by Crippen LogP contribution is 2.24. The highest BCUT2D eigenvalue weighted by molar-refractivity contribution is 5.82. The normalized spacial score (nSPS) is 11.0. The molecule has 0 spiro atoms. The van der Waals surface area contributed by atoms with Gasteiger partial charge in [0.1, 0.15) is 5.75 Å². The fourth-order valence-corrected chi connectivity index (χ4v) is 2.86. The number of nitrogens with one attached hydrogen (secondary N) is 1. The van der Waals surface area contributed by atoms with Gasteiger partial charge in [0.2, 0.25) is 5.91 Å². The van der Waals surface area contributed by atoms with E-state index in [9.17, 15) is 4.79 Å². The summed E-state index contributed by atoms with van der Waals surface area (Å²) in [6.07, 6.45) is 5.77. The third-order valence-electron chi connectivity index (χ3n) is 4.41. The maximum Gasteiger partial charge on any atom is 0.220 e. The van der Waals surface area contributed by atoms with E-state index in [-0.39, 0.29) is 5.91 Å². The largest absolute Gasteiger partial charge is 0.494 e. The van der Waals surface area contributed by atoms with Crippen LogP contribution in [0.15, 0.2) is 54.9 Å². The molecule has 0 bridgehead atoms. The molecule has 0 unspecified atom stereocenters. The van der Waals surface area contributed by atoms with Crippen LogP contribution in [0, 0.1) is 5.92 Å². The van der Waals surface area contributed by atoms with Gasteiger partial charge in [0.25, 0.3) is 0 Å². The zero-order valence-electron chi connectivity index (χ0n) is 16.5. The number of hydrogen-bond donors (Lipinski definition) is 1. The lowest BCUT2D eigenvalue weighted by atomic mass is 10.1. The number of rotatable bonds is 9. The second kappa shape index (κ2) is 9.83. The Morgan fingerprint density at radius 1 is 1.07 bits per heavy atom. The van der Waals surface area contributed by atoms with Crippen molar-refractivity contribution in [2.24, 2.45) is 5.92 Å². The van der Waals surface area contributed by atoms with E-state index in [1.54, 1.807) is 12.4 Å². The van der Waals surface area contributed by atoms with E-state index < -0.39 is 0 Å². The van der Waals surface area contributed by atoms with Crippen LogP contribution in [-0.4, -0.2) is 29.0 Å². The van der Waals surface area contributed by atoms with E-state index in [2.05, 4.69) is 30.2 Å². The molecule has 5 heteroatoms. The molecule has 0 saturated heterocycles. The molecule has 2 aromatic heterocycles. The lowest BCUT2D eigenvalue weighted by molar-refractivity contribution is -0.121. The quantitative estimate of drug-likeness (QED) is 0.553. The van der Waals surface area contributed by atoms with Crippen LogP contribution in [-0.2, 0) is 4.79 Å². The Balaban J connectivity index is 1.49. The molecule has 0 aliphatic carbocycles. The van der Waals surface area contributed by atoms with Crippen LogP contribution >= 0.6 is 0 Å². The number of fused-ring (bicyclic) bond motifs is 1. The van der Waals surface area contributed by atoms with Crippen LogP contribution in [0.25, 0.3) is 22.2 Å². The standard InChI is InChI=1S/C23H27N3O2/c1-17(2)16-25-23(27)5-3-4-14-28-20-7-9-22-19(15-20)6-8-21(26-22)18-10-12-24-13-11-18/h6-13,15,17H,3-5,14,16H2,1-2H3,(H,25,27). The van der Waals surface area contributed by atoms with Crippen molar-refractivity contribution in [1.82, 2.24) is 15.3 Å². The van der Waals surface area contributed by atoms with Gasteiger partial charge in [-0.2, -0.15) is 0 Å². The molecular formula is C23H27N3O2. The minimum atomic E-state index is 0.121. The van der Waals surface area contributed by atoms with Gasteiger partial charge in [-0.15, -0.1) is 0 Å². The van der Waals surface area contributed by atoms with Gasteiger partial charge in [-0.25, -0.2) is 4.98 Å². The molecule has 0 radical (unpaired) electrons. The van der Waals surface area contributed by atoms with Gasteiger partial charge in [0.05, 0.1) is 17.8 Å². The first kappa shape index (κ1) is 19.8. The van der Waals surface area contributed by atoms with Crippen molar-refractivity contribution in [2.75, 3.05) is 13.2 Å². The number of ether oxygens (including phenoxy) is 1. The third-order valence-corrected chi connectivity index (χ3v) is 4.41. The van der Waals surface area contributed by atoms with Crippen LogP contribution in [0.2, 0.25) is 0 Å². The number of carbonyl (C=O) groups excluding carboxylic acids is 1. The SMILES string of the molecule is CC(C)CNC(=O)CCCCOc1ccc2nc(-c3ccncc3)ccc2c1. The minimum absolute atomic E-state index is 0.121. The Hall–Kier alpha value is -2.95. The summed E-state index contributed by atoms with van der Waals surface area (Å²) in [7, 11) is 0. The molecule has 0 atom stereocenters. The number of carbonyl (C=O) groups is 1. The highest BCUT2D eigenvalue weighted by atomic mass is 16.5. The zero-order chi connectivity index (χ0) is 19.8. The molecule has 0 aliphatic rings. The number of aromatic nitrogens is 2. The predicted molar refractivity (Wildman–Crippen MR) is 112 cm³/mol. The fraction of sp³-hybridized carbons (Fsp3) is 0.348. The Bertz CT molecular complexity index is 910. The summed E-state index contributed by atoms with van der Waals surface area (Å²) >= 11 is 0. The van der Waals surface area contributed by atoms with Gasteiger partial charge in [-0.3, -0.25) is 9.78 Å². The van der Waals surface area contributed by atoms with Crippen molar-refractivity contribution in [3.05, 3.63) is 54.9 Å². The van der Waals surface area contributed by atoms with Gasteiger partial charge in [0.15, 0.2) is 0 Å². The Labute approximate surface area is 166 Å². The van der Waals surface area contributed by atoms with Crippen LogP contribution < -0.4 is 10.1 Å². The molecule has 5 nitrogen and oxygen atoms in total. The number of unbranched alkanes of at least 4 members (excludes halogenated alkanes) is 1. The van der Waals surface area contributed by atoms with E-state index >= 15 is 0 Å². The number of benzene rings is 1. The maximum absolute atomic E-state index is 11.7. The van der Waals surface area contributed by atoms with Crippen LogP contribution in [0.5, 0.6) is 5.75 Å². The van der Waals surface area contributed by atoms with Gasteiger partial charge in [0, 0.05) is 36.3 Å². The minimum Gasteiger partial charge on any atom is -0.494 e. The Kier molecular flexibility index (Phi) is 6.95. The first-order chi connectivity index (χ1) is 13.6. The molecule has 1 aromatic carbocycles. The lowest BCUT2D eigenvalue weighted by Crippen LogP contribution is -2.27. The van der Waals surface area contributed by atoms with E-state index in [0.29, 0.717) is 18.9 Å².